The van der Waals surface area contributed by atoms with Gasteiger partial charge in [-0.05, 0) is 42.8 Å². The molecule has 164 valence electrons. The van der Waals surface area contributed by atoms with Gasteiger partial charge >= 0.3 is 6.18 Å². The Morgan fingerprint density at radius 2 is 1.77 bits per heavy atom. The molecule has 0 unspecified atom stereocenters. The number of hydrogen-bond donors (Lipinski definition) is 0. The number of alkyl halides is 3. The van der Waals surface area contributed by atoms with Crippen molar-refractivity contribution in [3.63, 3.8) is 0 Å². The minimum Gasteiger partial charge on any atom is -0.366 e. The SMILES string of the molecule is Cc1cc(F)c(N2CCN(S(=O)(=O)c3cccc(Cl)c3)CC2)cc1SCC(F)(F)F. The number of sulfonamides is 1. The smallest absolute Gasteiger partial charge is 0.366 e. The number of halogens is 5. The fourth-order valence-corrected chi connectivity index (χ4v) is 5.67. The van der Waals surface area contributed by atoms with Gasteiger partial charge in [0.25, 0.3) is 0 Å². The van der Waals surface area contributed by atoms with E-state index in [9.17, 15) is 26.0 Å². The fourth-order valence-electron chi connectivity index (χ4n) is 3.15. The van der Waals surface area contributed by atoms with E-state index >= 15 is 0 Å². The van der Waals surface area contributed by atoms with Crippen molar-refractivity contribution < 1.29 is 26.0 Å². The lowest BCUT2D eigenvalue weighted by Crippen LogP contribution is -2.48. The van der Waals surface area contributed by atoms with Crippen LogP contribution in [0.15, 0.2) is 46.2 Å². The van der Waals surface area contributed by atoms with Crippen LogP contribution in [0.2, 0.25) is 5.02 Å². The van der Waals surface area contributed by atoms with E-state index in [2.05, 4.69) is 0 Å². The van der Waals surface area contributed by atoms with Crippen molar-refractivity contribution in [3.8, 4) is 0 Å². The number of nitrogens with zero attached hydrogens (tertiary/aromatic N) is 2. The Labute approximate surface area is 181 Å². The zero-order valence-electron chi connectivity index (χ0n) is 15.9. The second-order valence-corrected chi connectivity index (χ2v) is 10.2. The zero-order valence-corrected chi connectivity index (χ0v) is 18.3. The Morgan fingerprint density at radius 1 is 1.10 bits per heavy atom. The second kappa shape index (κ2) is 8.94. The topological polar surface area (TPSA) is 40.6 Å². The van der Waals surface area contributed by atoms with E-state index in [4.69, 9.17) is 11.6 Å². The average Bonchev–Trinajstić information content (AvgIpc) is 2.67. The van der Waals surface area contributed by atoms with Crippen molar-refractivity contribution in [1.29, 1.82) is 0 Å². The summed E-state index contributed by atoms with van der Waals surface area (Å²) in [6.45, 7) is 2.22. The molecule has 0 spiro atoms. The third kappa shape index (κ3) is 5.40. The Bertz CT molecular complexity index is 1020. The third-order valence-electron chi connectivity index (χ3n) is 4.65. The first kappa shape index (κ1) is 23.2. The van der Waals surface area contributed by atoms with Crippen molar-refractivity contribution in [2.75, 3.05) is 36.8 Å². The van der Waals surface area contributed by atoms with Crippen LogP contribution in [0, 0.1) is 12.7 Å². The number of rotatable bonds is 5. The average molecular weight is 483 g/mol. The van der Waals surface area contributed by atoms with Crippen LogP contribution in [-0.2, 0) is 10.0 Å². The van der Waals surface area contributed by atoms with Crippen LogP contribution < -0.4 is 4.90 Å². The van der Waals surface area contributed by atoms with Crippen LogP contribution in [0.1, 0.15) is 5.56 Å². The number of anilines is 1. The van der Waals surface area contributed by atoms with Crippen molar-refractivity contribution in [2.24, 2.45) is 0 Å². The molecule has 1 fully saturated rings. The Hall–Kier alpha value is -1.49. The Morgan fingerprint density at radius 3 is 2.37 bits per heavy atom. The molecule has 11 heteroatoms. The first-order valence-corrected chi connectivity index (χ1v) is 11.8. The number of aryl methyl sites for hydroxylation is 1. The van der Waals surface area contributed by atoms with Gasteiger partial charge in [0, 0.05) is 36.1 Å². The molecular formula is C19H19ClF4N2O2S2. The zero-order chi connectivity index (χ0) is 22.1. The summed E-state index contributed by atoms with van der Waals surface area (Å²) in [6.07, 6.45) is -4.33. The van der Waals surface area contributed by atoms with E-state index in [0.29, 0.717) is 27.2 Å². The minimum atomic E-state index is -4.33. The van der Waals surface area contributed by atoms with Crippen molar-refractivity contribution in [2.45, 2.75) is 22.9 Å². The van der Waals surface area contributed by atoms with Crippen LogP contribution in [0.5, 0.6) is 0 Å². The number of piperazine rings is 1. The lowest BCUT2D eigenvalue weighted by molar-refractivity contribution is -0.105. The Balaban J connectivity index is 1.74. The number of benzene rings is 2. The van der Waals surface area contributed by atoms with Gasteiger partial charge in [0.1, 0.15) is 5.82 Å². The van der Waals surface area contributed by atoms with E-state index in [1.54, 1.807) is 24.0 Å². The number of thioether (sulfide) groups is 1. The van der Waals surface area contributed by atoms with Crippen LogP contribution in [0.4, 0.5) is 23.2 Å². The lowest BCUT2D eigenvalue weighted by Gasteiger charge is -2.35. The van der Waals surface area contributed by atoms with Gasteiger partial charge in [0.05, 0.1) is 16.3 Å². The normalized spacial score (nSPS) is 16.1. The van der Waals surface area contributed by atoms with Crippen molar-refractivity contribution in [1.82, 2.24) is 4.31 Å². The molecule has 2 aromatic carbocycles. The highest BCUT2D eigenvalue weighted by atomic mass is 35.5. The van der Waals surface area contributed by atoms with Crippen LogP contribution >= 0.6 is 23.4 Å². The lowest BCUT2D eigenvalue weighted by atomic mass is 10.2. The van der Waals surface area contributed by atoms with E-state index in [1.807, 2.05) is 0 Å². The van der Waals surface area contributed by atoms with Crippen molar-refractivity contribution in [3.05, 3.63) is 52.8 Å². The van der Waals surface area contributed by atoms with E-state index in [1.165, 1.54) is 28.6 Å². The fraction of sp³-hybridized carbons (Fsp3) is 0.368. The van der Waals surface area contributed by atoms with Crippen molar-refractivity contribution >= 4 is 39.1 Å². The molecule has 1 saturated heterocycles. The molecule has 0 atom stereocenters. The molecule has 4 nitrogen and oxygen atoms in total. The first-order chi connectivity index (χ1) is 14.0. The molecule has 0 saturated carbocycles. The number of hydrogen-bond acceptors (Lipinski definition) is 4. The quantitative estimate of drug-likeness (QED) is 0.446. The van der Waals surface area contributed by atoms with Gasteiger partial charge in [-0.1, -0.05) is 17.7 Å². The highest BCUT2D eigenvalue weighted by Gasteiger charge is 2.31. The van der Waals surface area contributed by atoms with Gasteiger partial charge in [-0.15, -0.1) is 11.8 Å². The summed E-state index contributed by atoms with van der Waals surface area (Å²) < 4.78 is 79.0. The largest absolute Gasteiger partial charge is 0.398 e. The summed E-state index contributed by atoms with van der Waals surface area (Å²) in [4.78, 5) is 2.07. The van der Waals surface area contributed by atoms with Gasteiger partial charge in [-0.3, -0.25) is 0 Å². The molecule has 0 N–H and O–H groups in total. The molecule has 2 aromatic rings. The van der Waals surface area contributed by atoms with Crippen LogP contribution in [0.25, 0.3) is 0 Å². The summed E-state index contributed by atoms with van der Waals surface area (Å²) in [6, 6.07) is 8.57. The molecule has 1 aliphatic rings. The highest BCUT2D eigenvalue weighted by molar-refractivity contribution is 7.99. The van der Waals surface area contributed by atoms with Crippen LogP contribution in [0.3, 0.4) is 0 Å². The molecule has 1 heterocycles. The molecule has 0 bridgehead atoms. The predicted octanol–water partition coefficient (Wildman–Crippen LogP) is 4.95. The first-order valence-electron chi connectivity index (χ1n) is 8.98. The highest BCUT2D eigenvalue weighted by Crippen LogP contribution is 2.34. The molecular weight excluding hydrogens is 464 g/mol. The maximum Gasteiger partial charge on any atom is 0.398 e. The van der Waals surface area contributed by atoms with Gasteiger partial charge in [-0.25, -0.2) is 12.8 Å². The van der Waals surface area contributed by atoms with Gasteiger partial charge in [0.15, 0.2) is 0 Å². The maximum absolute atomic E-state index is 14.5. The molecule has 0 aliphatic carbocycles. The standard InChI is InChI=1S/C19H19ClF4N2O2S2/c1-13-9-16(21)17(11-18(13)29-12-19(22,23)24)25-5-7-26(8-6-25)30(27,28)15-4-2-3-14(20)10-15/h2-4,9-11H,5-8,12H2,1H3. The predicted molar refractivity (Wildman–Crippen MR) is 110 cm³/mol. The Kier molecular flexibility index (Phi) is 6.91. The van der Waals surface area contributed by atoms with E-state index < -0.39 is 27.8 Å². The summed E-state index contributed by atoms with van der Waals surface area (Å²) >= 11 is 6.49. The second-order valence-electron chi connectivity index (χ2n) is 6.82. The summed E-state index contributed by atoms with van der Waals surface area (Å²) in [7, 11) is -3.74. The summed E-state index contributed by atoms with van der Waals surface area (Å²) in [5.41, 5.74) is 0.595. The van der Waals surface area contributed by atoms with E-state index in [-0.39, 0.29) is 36.8 Å². The summed E-state index contributed by atoms with van der Waals surface area (Å²) in [5.74, 6) is -1.61. The summed E-state index contributed by atoms with van der Waals surface area (Å²) in [5, 5.41) is 0.306. The molecule has 3 rings (SSSR count). The molecule has 30 heavy (non-hydrogen) atoms. The molecule has 0 aromatic heterocycles. The van der Waals surface area contributed by atoms with Gasteiger partial charge < -0.3 is 4.90 Å². The molecule has 0 amide bonds. The molecule has 1 aliphatic heterocycles. The maximum atomic E-state index is 14.5. The monoisotopic (exact) mass is 482 g/mol. The van der Waals surface area contributed by atoms with E-state index in [0.717, 1.165) is 0 Å². The van der Waals surface area contributed by atoms with Gasteiger partial charge in [0.2, 0.25) is 10.0 Å². The minimum absolute atomic E-state index is 0.0794. The van der Waals surface area contributed by atoms with Gasteiger partial charge in [-0.2, -0.15) is 17.5 Å². The molecule has 0 radical (unpaired) electrons. The third-order valence-corrected chi connectivity index (χ3v) is 8.00. The van der Waals surface area contributed by atoms with Crippen LogP contribution in [-0.4, -0.2) is 50.8 Å².